The third-order valence-electron chi connectivity index (χ3n) is 1.25. The highest BCUT2D eigenvalue weighted by molar-refractivity contribution is 4.39. The van der Waals surface area contributed by atoms with Crippen molar-refractivity contribution in [1.82, 2.24) is 0 Å². The van der Waals surface area contributed by atoms with E-state index in [0.29, 0.717) is 0 Å². The molecule has 0 spiro atoms. The van der Waals surface area contributed by atoms with Gasteiger partial charge in [-0.2, -0.15) is 0 Å². The summed E-state index contributed by atoms with van der Waals surface area (Å²) in [6, 6.07) is 0. The molecule has 1 unspecified atom stereocenters. The first-order chi connectivity index (χ1) is 4.31. The zero-order chi connectivity index (χ0) is 7.11. The van der Waals surface area contributed by atoms with Crippen LogP contribution in [-0.2, 0) is 0 Å². The second-order valence-electron chi connectivity index (χ2n) is 2.22. The maximum atomic E-state index is 7.48. The maximum absolute atomic E-state index is 7.48. The third-order valence-corrected chi connectivity index (χ3v) is 1.25. The first-order valence-corrected chi connectivity index (χ1v) is 3.73. The van der Waals surface area contributed by atoms with Crippen molar-refractivity contribution in [3.63, 3.8) is 0 Å². The predicted molar refractivity (Wildman–Crippen MR) is 39.1 cm³/mol. The largest absolute Gasteiger partial charge is 0.0654 e. The fourth-order valence-electron chi connectivity index (χ4n) is 0.697. The minimum absolute atomic E-state index is 0.218. The molecule has 0 saturated carbocycles. The summed E-state index contributed by atoms with van der Waals surface area (Å²) in [5.41, 5.74) is 0. The van der Waals surface area contributed by atoms with E-state index in [1.807, 2.05) is 0 Å². The molecule has 0 bridgehead atoms. The molecule has 0 aromatic carbocycles. The van der Waals surface area contributed by atoms with E-state index < -0.39 is 0 Å². The van der Waals surface area contributed by atoms with E-state index in [1.165, 1.54) is 12.8 Å². The van der Waals surface area contributed by atoms with Crippen LogP contribution in [0.15, 0.2) is 0 Å². The average Bonchev–Trinajstić information content (AvgIpc) is 1.85. The lowest BCUT2D eigenvalue weighted by molar-refractivity contribution is 0.624. The lowest BCUT2D eigenvalue weighted by Crippen LogP contribution is -1.73. The zero-order valence-corrected chi connectivity index (χ0v) is 6.11. The molecule has 0 saturated heterocycles. The summed E-state index contributed by atoms with van der Waals surface area (Å²) >= 11 is 0. The second kappa shape index (κ2) is 7.00. The Hall–Kier alpha value is 0. The summed E-state index contributed by atoms with van der Waals surface area (Å²) in [7, 11) is 0. The van der Waals surface area contributed by atoms with Gasteiger partial charge in [0.15, 0.2) is 0 Å². The number of rotatable bonds is 5. The second-order valence-corrected chi connectivity index (χ2v) is 2.22. The highest BCUT2D eigenvalue weighted by atomic mass is 13.9. The van der Waals surface area contributed by atoms with Crippen molar-refractivity contribution in [2.75, 3.05) is 0 Å². The number of hydrogen-bond donors (Lipinski definition) is 0. The minimum Gasteiger partial charge on any atom is -0.0654 e. The molecule has 1 atom stereocenters. The molecule has 8 heavy (non-hydrogen) atoms. The van der Waals surface area contributed by atoms with Crippen molar-refractivity contribution in [3.05, 3.63) is 0 Å². The number of hydrogen-bond acceptors (Lipinski definition) is 0. The van der Waals surface area contributed by atoms with Crippen LogP contribution in [-0.4, -0.2) is 0 Å². The molecule has 0 amide bonds. The first kappa shape index (κ1) is 6.12. The molecule has 0 heterocycles. The van der Waals surface area contributed by atoms with Gasteiger partial charge in [0.1, 0.15) is 0 Å². The monoisotopic (exact) mass is 115 g/mol. The summed E-state index contributed by atoms with van der Waals surface area (Å²) in [5, 5.41) is 0. The Morgan fingerprint density at radius 2 is 1.62 bits per heavy atom. The fraction of sp³-hybridized carbons (Fsp3) is 1.00. The van der Waals surface area contributed by atoms with E-state index in [2.05, 4.69) is 13.8 Å². The normalized spacial score (nSPS) is 15.5. The quantitative estimate of drug-likeness (QED) is 0.515. The smallest absolute Gasteiger partial charge is 0.0267 e. The van der Waals surface area contributed by atoms with Gasteiger partial charge < -0.3 is 0 Å². The van der Waals surface area contributed by atoms with E-state index in [9.17, 15) is 0 Å². The highest BCUT2D eigenvalue weighted by Gasteiger charge is 1.83. The van der Waals surface area contributed by atoms with Crippen molar-refractivity contribution >= 4 is 0 Å². The Kier molecular flexibility index (Phi) is 5.36. The summed E-state index contributed by atoms with van der Waals surface area (Å²) < 4.78 is 7.48. The summed E-state index contributed by atoms with van der Waals surface area (Å²) in [6.07, 6.45) is 6.03. The van der Waals surface area contributed by atoms with E-state index in [4.69, 9.17) is 1.37 Å². The van der Waals surface area contributed by atoms with Gasteiger partial charge in [0.05, 0.1) is 0 Å². The molecule has 0 N–H and O–H groups in total. The van der Waals surface area contributed by atoms with Gasteiger partial charge in [-0.25, -0.2) is 0 Å². The predicted octanol–water partition coefficient (Wildman–Crippen LogP) is 3.37. The van der Waals surface area contributed by atoms with Crippen LogP contribution in [0.5, 0.6) is 0 Å². The Morgan fingerprint density at radius 1 is 1.00 bits per heavy atom. The van der Waals surface area contributed by atoms with Crippen LogP contribution >= 0.6 is 0 Å². The van der Waals surface area contributed by atoms with Gasteiger partial charge in [0.2, 0.25) is 0 Å². The van der Waals surface area contributed by atoms with Crippen LogP contribution in [0.2, 0.25) is 0 Å². The van der Waals surface area contributed by atoms with Crippen molar-refractivity contribution < 1.29 is 1.37 Å². The van der Waals surface area contributed by atoms with Crippen LogP contribution in [0.25, 0.3) is 0 Å². The molecule has 0 aromatic heterocycles. The van der Waals surface area contributed by atoms with E-state index in [-0.39, 0.29) is 6.40 Å². The molecule has 0 fully saturated rings. The average molecular weight is 115 g/mol. The van der Waals surface area contributed by atoms with Crippen LogP contribution in [0, 0.1) is 0 Å². The van der Waals surface area contributed by atoms with Crippen molar-refractivity contribution in [3.8, 4) is 0 Å². The van der Waals surface area contributed by atoms with Gasteiger partial charge >= 0.3 is 0 Å². The lowest BCUT2D eigenvalue weighted by Gasteiger charge is -1.93. The fourth-order valence-corrected chi connectivity index (χ4v) is 0.697. The van der Waals surface area contributed by atoms with Crippen LogP contribution < -0.4 is 0 Å². The zero-order valence-electron chi connectivity index (χ0n) is 7.11. The topological polar surface area (TPSA) is 0 Å². The molecule has 0 aliphatic carbocycles. The van der Waals surface area contributed by atoms with Gasteiger partial charge in [0.25, 0.3) is 0 Å². The molecule has 0 nitrogen and oxygen atoms in total. The SMILES string of the molecule is [2H]C(CCC)CCCC. The lowest BCUT2D eigenvalue weighted by atomic mass is 10.1. The first-order valence-electron chi connectivity index (χ1n) is 4.31. The molecular weight excluding hydrogens is 96.1 g/mol. The number of unbranched alkanes of at least 4 members (excludes halogenated alkanes) is 1. The Morgan fingerprint density at radius 3 is 2.12 bits per heavy atom. The van der Waals surface area contributed by atoms with Crippen LogP contribution in [0.4, 0.5) is 0 Å². The molecule has 0 aliphatic heterocycles. The molecule has 0 aliphatic rings. The third kappa shape index (κ3) is 6.00. The van der Waals surface area contributed by atoms with Crippen molar-refractivity contribution in [2.24, 2.45) is 0 Å². The molecule has 0 heteroatoms. The van der Waals surface area contributed by atoms with Crippen molar-refractivity contribution in [2.45, 2.75) is 52.3 Å². The van der Waals surface area contributed by atoms with E-state index >= 15 is 0 Å². The van der Waals surface area contributed by atoms with Gasteiger partial charge in [-0.15, -0.1) is 0 Å². The minimum atomic E-state index is 0.218. The molecule has 50 valence electrons. The Labute approximate surface area is 54.7 Å². The highest BCUT2D eigenvalue weighted by Crippen LogP contribution is 2.03. The summed E-state index contributed by atoms with van der Waals surface area (Å²) in [4.78, 5) is 0. The van der Waals surface area contributed by atoms with Crippen LogP contribution in [0.1, 0.15) is 53.7 Å². The molecule has 0 rings (SSSR count). The Bertz CT molecular complexity index is 52.5. The standard InChI is InChI=1S/C8H18/c1-3-5-7-8-6-4-2/h3-8H2,1-2H3/i7D. The van der Waals surface area contributed by atoms with E-state index in [1.54, 1.807) is 0 Å². The van der Waals surface area contributed by atoms with Gasteiger partial charge in [-0.3, -0.25) is 0 Å². The van der Waals surface area contributed by atoms with Crippen LogP contribution in [0.3, 0.4) is 0 Å². The Balaban J connectivity index is 2.95. The van der Waals surface area contributed by atoms with Gasteiger partial charge in [-0.1, -0.05) is 52.3 Å². The van der Waals surface area contributed by atoms with Gasteiger partial charge in [0, 0.05) is 1.37 Å². The summed E-state index contributed by atoms with van der Waals surface area (Å²) in [6.45, 7) is 4.33. The summed E-state index contributed by atoms with van der Waals surface area (Å²) in [5.74, 6) is 0. The molecule has 0 aromatic rings. The van der Waals surface area contributed by atoms with E-state index in [0.717, 1.165) is 19.3 Å². The molecular formula is C8H18. The van der Waals surface area contributed by atoms with Crippen molar-refractivity contribution in [1.29, 1.82) is 0 Å². The maximum Gasteiger partial charge on any atom is 0.0267 e. The van der Waals surface area contributed by atoms with Gasteiger partial charge in [-0.05, 0) is 0 Å². The molecule has 0 radical (unpaired) electrons.